The first-order valence-corrected chi connectivity index (χ1v) is 8.12. The van der Waals surface area contributed by atoms with Gasteiger partial charge in [-0.1, -0.05) is 23.7 Å². The lowest BCUT2D eigenvalue weighted by Crippen LogP contribution is -2.27. The normalized spacial score (nSPS) is 19.0. The molecule has 1 N–H and O–H groups in total. The standard InChI is InChI=1S/C15H19ClN4OS/c1-18-14(9-21)17-20(15(18)22)10-19-7-3-6-13(19)11-4-2-5-12(16)8-11/h2,4-5,8,13,21H,3,6-7,9-10H2,1H3. The van der Waals surface area contributed by atoms with Crippen molar-refractivity contribution in [2.75, 3.05) is 6.54 Å². The molecule has 1 aliphatic rings. The molecule has 3 rings (SSSR count). The van der Waals surface area contributed by atoms with E-state index in [0.29, 0.717) is 23.3 Å². The number of hydrogen-bond acceptors (Lipinski definition) is 4. The SMILES string of the molecule is Cn1c(CO)nn(CN2CCCC2c2cccc(Cl)c2)c1=S. The Hall–Kier alpha value is -1.21. The number of aliphatic hydroxyl groups is 1. The molecule has 1 unspecified atom stereocenters. The number of rotatable bonds is 4. The maximum Gasteiger partial charge on any atom is 0.198 e. The van der Waals surface area contributed by atoms with E-state index in [4.69, 9.17) is 23.8 Å². The van der Waals surface area contributed by atoms with Gasteiger partial charge in [-0.2, -0.15) is 5.10 Å². The molecular formula is C15H19ClN4OS. The summed E-state index contributed by atoms with van der Waals surface area (Å²) in [6.45, 7) is 1.53. The highest BCUT2D eigenvalue weighted by Crippen LogP contribution is 2.33. The lowest BCUT2D eigenvalue weighted by Gasteiger charge is -2.24. The van der Waals surface area contributed by atoms with Crippen LogP contribution in [-0.2, 0) is 20.3 Å². The number of aromatic nitrogens is 3. The monoisotopic (exact) mass is 338 g/mol. The zero-order chi connectivity index (χ0) is 15.7. The highest BCUT2D eigenvalue weighted by Gasteiger charge is 2.27. The minimum atomic E-state index is -0.106. The quantitative estimate of drug-likeness (QED) is 0.871. The number of aliphatic hydroxyl groups excluding tert-OH is 1. The van der Waals surface area contributed by atoms with E-state index in [1.54, 1.807) is 9.25 Å². The van der Waals surface area contributed by atoms with Gasteiger partial charge in [-0.15, -0.1) is 0 Å². The molecule has 0 radical (unpaired) electrons. The topological polar surface area (TPSA) is 46.2 Å². The number of nitrogens with zero attached hydrogens (tertiary/aromatic N) is 4. The Morgan fingerprint density at radius 1 is 1.45 bits per heavy atom. The summed E-state index contributed by atoms with van der Waals surface area (Å²) in [5.41, 5.74) is 1.23. The molecule has 2 heterocycles. The van der Waals surface area contributed by atoms with Crippen LogP contribution >= 0.6 is 23.8 Å². The fourth-order valence-corrected chi connectivity index (χ4v) is 3.42. The Morgan fingerprint density at radius 3 is 2.95 bits per heavy atom. The van der Waals surface area contributed by atoms with Crippen LogP contribution in [0.15, 0.2) is 24.3 Å². The van der Waals surface area contributed by atoms with Crippen molar-refractivity contribution >= 4 is 23.8 Å². The van der Waals surface area contributed by atoms with Gasteiger partial charge in [0, 0.05) is 24.7 Å². The van der Waals surface area contributed by atoms with E-state index in [0.717, 1.165) is 24.4 Å². The number of benzene rings is 1. The average Bonchev–Trinajstić information content (AvgIpc) is 3.07. The van der Waals surface area contributed by atoms with Gasteiger partial charge in [-0.25, -0.2) is 4.68 Å². The van der Waals surface area contributed by atoms with E-state index < -0.39 is 0 Å². The summed E-state index contributed by atoms with van der Waals surface area (Å²) in [7, 11) is 1.83. The van der Waals surface area contributed by atoms with Crippen LogP contribution in [-0.4, -0.2) is 30.9 Å². The first kappa shape index (κ1) is 15.7. The van der Waals surface area contributed by atoms with Gasteiger partial charge >= 0.3 is 0 Å². The van der Waals surface area contributed by atoms with Crippen LogP contribution in [0.5, 0.6) is 0 Å². The molecule has 7 heteroatoms. The van der Waals surface area contributed by atoms with Crippen molar-refractivity contribution in [3.63, 3.8) is 0 Å². The molecular weight excluding hydrogens is 320 g/mol. The second kappa shape index (κ2) is 6.50. The maximum absolute atomic E-state index is 9.31. The minimum absolute atomic E-state index is 0.106. The molecule has 2 aromatic rings. The Kier molecular flexibility index (Phi) is 4.63. The van der Waals surface area contributed by atoms with Crippen LogP contribution in [0, 0.1) is 4.77 Å². The van der Waals surface area contributed by atoms with E-state index in [1.807, 2.05) is 25.2 Å². The molecule has 1 aromatic heterocycles. The molecule has 5 nitrogen and oxygen atoms in total. The third-order valence-electron chi connectivity index (χ3n) is 4.19. The van der Waals surface area contributed by atoms with Crippen molar-refractivity contribution in [2.45, 2.75) is 32.2 Å². The van der Waals surface area contributed by atoms with Crippen molar-refractivity contribution in [3.8, 4) is 0 Å². The lowest BCUT2D eigenvalue weighted by molar-refractivity contribution is 0.188. The third-order valence-corrected chi connectivity index (χ3v) is 4.90. The molecule has 118 valence electrons. The fraction of sp³-hybridized carbons (Fsp3) is 0.467. The molecule has 0 aliphatic carbocycles. The average molecular weight is 339 g/mol. The van der Waals surface area contributed by atoms with Crippen LogP contribution in [0.3, 0.4) is 0 Å². The van der Waals surface area contributed by atoms with Gasteiger partial charge in [-0.05, 0) is 42.8 Å². The molecule has 0 amide bonds. The third kappa shape index (κ3) is 2.96. The Balaban J connectivity index is 1.84. The van der Waals surface area contributed by atoms with Gasteiger partial charge in [0.05, 0.1) is 6.67 Å². The van der Waals surface area contributed by atoms with Crippen LogP contribution in [0.4, 0.5) is 0 Å². The summed E-state index contributed by atoms with van der Waals surface area (Å²) >= 11 is 11.5. The summed E-state index contributed by atoms with van der Waals surface area (Å²) in [6, 6.07) is 8.37. The molecule has 22 heavy (non-hydrogen) atoms. The van der Waals surface area contributed by atoms with Gasteiger partial charge in [-0.3, -0.25) is 4.90 Å². The molecule has 0 bridgehead atoms. The van der Waals surface area contributed by atoms with Crippen LogP contribution < -0.4 is 0 Å². The highest BCUT2D eigenvalue weighted by atomic mass is 35.5. The second-order valence-corrected chi connectivity index (χ2v) is 6.38. The van der Waals surface area contributed by atoms with E-state index in [1.165, 1.54) is 5.56 Å². The van der Waals surface area contributed by atoms with Crippen LogP contribution in [0.1, 0.15) is 30.3 Å². The molecule has 1 aliphatic heterocycles. The molecule has 1 saturated heterocycles. The lowest BCUT2D eigenvalue weighted by atomic mass is 10.1. The van der Waals surface area contributed by atoms with Crippen molar-refractivity contribution in [1.29, 1.82) is 0 Å². The van der Waals surface area contributed by atoms with E-state index in [9.17, 15) is 5.11 Å². The first-order valence-electron chi connectivity index (χ1n) is 7.33. The van der Waals surface area contributed by atoms with Crippen molar-refractivity contribution in [3.05, 3.63) is 45.4 Å². The molecule has 1 aromatic carbocycles. The van der Waals surface area contributed by atoms with Gasteiger partial charge in [0.25, 0.3) is 0 Å². The second-order valence-electron chi connectivity index (χ2n) is 5.58. The minimum Gasteiger partial charge on any atom is -0.388 e. The van der Waals surface area contributed by atoms with Crippen molar-refractivity contribution in [1.82, 2.24) is 19.2 Å². The Morgan fingerprint density at radius 2 is 2.27 bits per heavy atom. The molecule has 1 atom stereocenters. The molecule has 0 saturated carbocycles. The number of likely N-dealkylation sites (tertiary alicyclic amines) is 1. The van der Waals surface area contributed by atoms with Crippen molar-refractivity contribution in [2.24, 2.45) is 7.05 Å². The largest absolute Gasteiger partial charge is 0.388 e. The Bertz CT molecular complexity index is 727. The van der Waals surface area contributed by atoms with Gasteiger partial charge < -0.3 is 9.67 Å². The van der Waals surface area contributed by atoms with E-state index in [-0.39, 0.29) is 6.61 Å². The summed E-state index contributed by atoms with van der Waals surface area (Å²) in [5, 5.41) is 14.5. The van der Waals surface area contributed by atoms with Crippen LogP contribution in [0.25, 0.3) is 0 Å². The fourth-order valence-electron chi connectivity index (χ4n) is 3.02. The Labute approximate surface area is 139 Å². The van der Waals surface area contributed by atoms with Gasteiger partial charge in [0.2, 0.25) is 0 Å². The number of hydrogen-bond donors (Lipinski definition) is 1. The summed E-state index contributed by atoms with van der Waals surface area (Å²) in [4.78, 5) is 2.36. The van der Waals surface area contributed by atoms with Gasteiger partial charge in [0.1, 0.15) is 6.61 Å². The van der Waals surface area contributed by atoms with Crippen LogP contribution in [0.2, 0.25) is 5.02 Å². The van der Waals surface area contributed by atoms with Gasteiger partial charge in [0.15, 0.2) is 10.6 Å². The van der Waals surface area contributed by atoms with E-state index >= 15 is 0 Å². The highest BCUT2D eigenvalue weighted by molar-refractivity contribution is 7.71. The zero-order valence-corrected chi connectivity index (χ0v) is 14.0. The summed E-state index contributed by atoms with van der Waals surface area (Å²) in [6.07, 6.45) is 2.25. The molecule has 0 spiro atoms. The smallest absolute Gasteiger partial charge is 0.198 e. The van der Waals surface area contributed by atoms with Crippen molar-refractivity contribution < 1.29 is 5.11 Å². The predicted octanol–water partition coefficient (Wildman–Crippen LogP) is 2.89. The maximum atomic E-state index is 9.31. The molecule has 1 fully saturated rings. The predicted molar refractivity (Wildman–Crippen MR) is 88.1 cm³/mol. The number of halogens is 1. The first-order chi connectivity index (χ1) is 10.6. The summed E-state index contributed by atoms with van der Waals surface area (Å²) in [5.74, 6) is 0.587. The van der Waals surface area contributed by atoms with E-state index in [2.05, 4.69) is 16.1 Å². The zero-order valence-electron chi connectivity index (χ0n) is 12.4. The summed E-state index contributed by atoms with van der Waals surface area (Å²) < 4.78 is 4.16.